The number of halogens is 1. The van der Waals surface area contributed by atoms with E-state index in [-0.39, 0.29) is 17.9 Å². The zero-order valence-electron chi connectivity index (χ0n) is 10.6. The molecule has 0 N–H and O–H groups in total. The Morgan fingerprint density at radius 2 is 1.90 bits per heavy atom. The Morgan fingerprint density at radius 1 is 1.25 bits per heavy atom. The highest BCUT2D eigenvalue weighted by Crippen LogP contribution is 2.41. The van der Waals surface area contributed by atoms with Crippen molar-refractivity contribution in [3.8, 4) is 0 Å². The number of fused-ring (bicyclic) bond motifs is 1. The molecule has 106 valence electrons. The molecule has 0 spiro atoms. The van der Waals surface area contributed by atoms with E-state index in [1.54, 1.807) is 31.2 Å². The zero-order chi connectivity index (χ0) is 14.5. The number of hydrogen-bond acceptors (Lipinski definition) is 5. The molecule has 0 aromatic heterocycles. The van der Waals surface area contributed by atoms with Crippen LogP contribution in [-0.4, -0.2) is 32.3 Å². The summed E-state index contributed by atoms with van der Waals surface area (Å²) < 4.78 is 33.3. The van der Waals surface area contributed by atoms with Crippen LogP contribution in [0.5, 0.6) is 0 Å². The second-order valence-corrected chi connectivity index (χ2v) is 7.02. The van der Waals surface area contributed by atoms with Crippen LogP contribution in [0.4, 0.5) is 0 Å². The highest BCUT2D eigenvalue weighted by atomic mass is 35.5. The van der Waals surface area contributed by atoms with Crippen LogP contribution in [0.3, 0.4) is 0 Å². The van der Waals surface area contributed by atoms with Gasteiger partial charge in [0, 0.05) is 10.6 Å². The summed E-state index contributed by atoms with van der Waals surface area (Å²) in [6.45, 7) is 1.46. The molecule has 1 aromatic carbocycles. The second-order valence-electron chi connectivity index (χ2n) is 4.95. The summed E-state index contributed by atoms with van der Waals surface area (Å²) in [6.07, 6.45) is 0. The van der Waals surface area contributed by atoms with Crippen LogP contribution in [0, 0.1) is 0 Å². The first kappa shape index (κ1) is 13.6. The van der Waals surface area contributed by atoms with Crippen LogP contribution in [0.1, 0.15) is 12.5 Å². The Kier molecular flexibility index (Phi) is 2.93. The maximum Gasteiger partial charge on any atom is 0.339 e. The van der Waals surface area contributed by atoms with Gasteiger partial charge in [-0.2, -0.15) is 8.42 Å². The molecule has 2 aliphatic rings. The molecule has 0 amide bonds. The van der Waals surface area contributed by atoms with Gasteiger partial charge >= 0.3 is 5.97 Å². The van der Waals surface area contributed by atoms with Gasteiger partial charge in [-0.05, 0) is 24.6 Å². The van der Waals surface area contributed by atoms with Crippen LogP contribution in [0.25, 0.3) is 5.57 Å². The molecule has 1 fully saturated rings. The number of rotatable bonds is 1. The van der Waals surface area contributed by atoms with Gasteiger partial charge in [-0.25, -0.2) is 4.79 Å². The van der Waals surface area contributed by atoms with E-state index < -0.39 is 21.7 Å². The SMILES string of the molecule is CC12COS(=O)(=O)CC1=C(c1ccc(Cl)cc1)C(=O)O2. The number of carbonyl (C=O) groups excluding carboxylic acids is 1. The number of hydrogen-bond donors (Lipinski definition) is 0. The van der Waals surface area contributed by atoms with Gasteiger partial charge in [0.25, 0.3) is 10.1 Å². The summed E-state index contributed by atoms with van der Waals surface area (Å²) in [6, 6.07) is 6.61. The van der Waals surface area contributed by atoms with Crippen molar-refractivity contribution in [2.75, 3.05) is 12.4 Å². The lowest BCUT2D eigenvalue weighted by atomic mass is 9.92. The van der Waals surface area contributed by atoms with Crippen molar-refractivity contribution in [2.45, 2.75) is 12.5 Å². The molecule has 2 heterocycles. The third-order valence-corrected chi connectivity index (χ3v) is 4.80. The summed E-state index contributed by atoms with van der Waals surface area (Å²) >= 11 is 5.82. The Labute approximate surface area is 121 Å². The average molecular weight is 315 g/mol. The molecule has 5 nitrogen and oxygen atoms in total. The normalized spacial score (nSPS) is 28.2. The average Bonchev–Trinajstić information content (AvgIpc) is 2.61. The van der Waals surface area contributed by atoms with Gasteiger partial charge in [0.05, 0.1) is 5.57 Å². The van der Waals surface area contributed by atoms with Crippen LogP contribution in [0.2, 0.25) is 5.02 Å². The van der Waals surface area contributed by atoms with Gasteiger partial charge in [0.15, 0.2) is 5.60 Å². The van der Waals surface area contributed by atoms with Crippen molar-refractivity contribution >= 4 is 33.3 Å². The first-order valence-electron chi connectivity index (χ1n) is 5.91. The van der Waals surface area contributed by atoms with Gasteiger partial charge in [-0.15, -0.1) is 0 Å². The van der Waals surface area contributed by atoms with E-state index in [0.29, 0.717) is 16.2 Å². The Balaban J connectivity index is 2.17. The second kappa shape index (κ2) is 4.31. The van der Waals surface area contributed by atoms with Crippen molar-refractivity contribution < 1.29 is 22.1 Å². The molecule has 20 heavy (non-hydrogen) atoms. The predicted molar refractivity (Wildman–Crippen MR) is 72.6 cm³/mol. The van der Waals surface area contributed by atoms with Crippen molar-refractivity contribution in [2.24, 2.45) is 0 Å². The minimum atomic E-state index is -3.66. The third kappa shape index (κ3) is 2.13. The number of carbonyl (C=O) groups is 1. The fourth-order valence-corrected chi connectivity index (χ4v) is 3.79. The standard InChI is InChI=1S/C13H11ClO5S/c1-13-7-18-20(16,17)6-10(13)11(12(15)19-13)8-2-4-9(14)5-3-8/h2-5H,6-7H2,1H3. The molecule has 1 atom stereocenters. The fraction of sp³-hybridized carbons (Fsp3) is 0.308. The van der Waals surface area contributed by atoms with Crippen LogP contribution in [-0.2, 0) is 23.8 Å². The van der Waals surface area contributed by atoms with Crippen LogP contribution < -0.4 is 0 Å². The highest BCUT2D eigenvalue weighted by Gasteiger charge is 2.50. The highest BCUT2D eigenvalue weighted by molar-refractivity contribution is 7.87. The summed E-state index contributed by atoms with van der Waals surface area (Å²) in [7, 11) is -3.66. The summed E-state index contributed by atoms with van der Waals surface area (Å²) in [4.78, 5) is 12.1. The maximum atomic E-state index is 12.1. The monoisotopic (exact) mass is 314 g/mol. The summed E-state index contributed by atoms with van der Waals surface area (Å²) in [5.74, 6) is -0.877. The van der Waals surface area contributed by atoms with Crippen molar-refractivity contribution in [1.29, 1.82) is 0 Å². The Bertz CT molecular complexity index is 720. The molecular formula is C13H11ClO5S. The lowest BCUT2D eigenvalue weighted by molar-refractivity contribution is -0.146. The van der Waals surface area contributed by atoms with E-state index in [0.717, 1.165) is 0 Å². The molecule has 2 aliphatic heterocycles. The summed E-state index contributed by atoms with van der Waals surface area (Å²) in [5.41, 5.74) is 0.305. The van der Waals surface area contributed by atoms with Crippen LogP contribution >= 0.6 is 11.6 Å². The van der Waals surface area contributed by atoms with E-state index in [4.69, 9.17) is 20.5 Å². The van der Waals surface area contributed by atoms with Crippen LogP contribution in [0.15, 0.2) is 29.8 Å². The molecule has 3 rings (SSSR count). The van der Waals surface area contributed by atoms with Gasteiger partial charge in [0.1, 0.15) is 12.4 Å². The Morgan fingerprint density at radius 3 is 2.55 bits per heavy atom. The number of benzene rings is 1. The Hall–Kier alpha value is -1.37. The van der Waals surface area contributed by atoms with E-state index in [9.17, 15) is 13.2 Å². The zero-order valence-corrected chi connectivity index (χ0v) is 12.1. The largest absolute Gasteiger partial charge is 0.449 e. The topological polar surface area (TPSA) is 69.7 Å². The first-order valence-corrected chi connectivity index (χ1v) is 7.86. The quantitative estimate of drug-likeness (QED) is 0.583. The van der Waals surface area contributed by atoms with Crippen molar-refractivity contribution in [1.82, 2.24) is 0 Å². The molecule has 0 radical (unpaired) electrons. The lowest BCUT2D eigenvalue weighted by Crippen LogP contribution is -2.42. The van der Waals surface area contributed by atoms with Crippen molar-refractivity contribution in [3.63, 3.8) is 0 Å². The van der Waals surface area contributed by atoms with Gasteiger partial charge in [-0.3, -0.25) is 4.18 Å². The predicted octanol–water partition coefficient (Wildman–Crippen LogP) is 1.77. The fourth-order valence-electron chi connectivity index (χ4n) is 2.38. The molecule has 1 saturated heterocycles. The minimum absolute atomic E-state index is 0.187. The molecule has 0 aliphatic carbocycles. The van der Waals surface area contributed by atoms with E-state index in [2.05, 4.69) is 0 Å². The smallest absolute Gasteiger partial charge is 0.339 e. The molecular weight excluding hydrogens is 304 g/mol. The van der Waals surface area contributed by atoms with E-state index in [1.807, 2.05) is 0 Å². The lowest BCUT2D eigenvalue weighted by Gasteiger charge is -2.30. The third-order valence-electron chi connectivity index (χ3n) is 3.43. The van der Waals surface area contributed by atoms with Gasteiger partial charge in [0.2, 0.25) is 0 Å². The molecule has 7 heteroatoms. The maximum absolute atomic E-state index is 12.1. The van der Waals surface area contributed by atoms with E-state index in [1.165, 1.54) is 0 Å². The molecule has 1 aromatic rings. The molecule has 0 saturated carbocycles. The first-order chi connectivity index (χ1) is 9.31. The molecule has 0 bridgehead atoms. The van der Waals surface area contributed by atoms with E-state index >= 15 is 0 Å². The number of ether oxygens (including phenoxy) is 1. The summed E-state index contributed by atoms with van der Waals surface area (Å²) in [5, 5.41) is 0.535. The van der Waals surface area contributed by atoms with Gasteiger partial charge in [-0.1, -0.05) is 23.7 Å². The van der Waals surface area contributed by atoms with Crippen molar-refractivity contribution in [3.05, 3.63) is 40.4 Å². The number of esters is 1. The van der Waals surface area contributed by atoms with Gasteiger partial charge < -0.3 is 4.74 Å². The molecule has 1 unspecified atom stereocenters. The minimum Gasteiger partial charge on any atom is -0.449 e.